The lowest BCUT2D eigenvalue weighted by molar-refractivity contribution is -0.131. The molecule has 1 heterocycles. The van der Waals surface area contributed by atoms with Gasteiger partial charge in [-0.1, -0.05) is 13.8 Å². The molecule has 0 atom stereocenters. The van der Waals surface area contributed by atoms with E-state index in [-0.39, 0.29) is 0 Å². The van der Waals surface area contributed by atoms with Crippen molar-refractivity contribution in [1.82, 2.24) is 0 Å². The summed E-state index contributed by atoms with van der Waals surface area (Å²) >= 11 is 1.56. The predicted octanol–water partition coefficient (Wildman–Crippen LogP) is 3.04. The highest BCUT2D eigenvalue weighted by Crippen LogP contribution is 2.16. The maximum Gasteiger partial charge on any atom is 0.328 e. The lowest BCUT2D eigenvalue weighted by Crippen LogP contribution is -2.08. The molecule has 0 aliphatic rings. The summed E-state index contributed by atoms with van der Waals surface area (Å²) in [7, 11) is 0. The second-order valence-electron chi connectivity index (χ2n) is 4.54. The maximum atomic E-state index is 10.4. The third kappa shape index (κ3) is 7.77. The highest BCUT2D eigenvalue weighted by atomic mass is 32.1. The second-order valence-corrected chi connectivity index (χ2v) is 5.54. The summed E-state index contributed by atoms with van der Waals surface area (Å²) in [6.45, 7) is 6.70. The third-order valence-corrected chi connectivity index (χ3v) is 3.09. The van der Waals surface area contributed by atoms with Gasteiger partial charge in [0, 0.05) is 17.6 Å². The Labute approximate surface area is 117 Å². The maximum absolute atomic E-state index is 10.4. The molecule has 0 amide bonds. The summed E-state index contributed by atoms with van der Waals surface area (Å²) in [5.74, 6) is -0.396. The molecule has 0 aliphatic carbocycles. The van der Waals surface area contributed by atoms with Gasteiger partial charge in [-0.05, 0) is 29.0 Å². The molecule has 0 saturated heterocycles. The fourth-order valence-electron chi connectivity index (χ4n) is 1.34. The Morgan fingerprint density at radius 1 is 1.42 bits per heavy atom. The Kier molecular flexibility index (Phi) is 7.40. The van der Waals surface area contributed by atoms with Crippen molar-refractivity contribution in [2.24, 2.45) is 5.92 Å². The predicted molar refractivity (Wildman–Crippen MR) is 76.3 cm³/mol. The molecule has 0 radical (unpaired) electrons. The molecule has 1 rings (SSSR count). The summed E-state index contributed by atoms with van der Waals surface area (Å²) in [5, 5.41) is 10.4. The Bertz CT molecular complexity index is 409. The van der Waals surface area contributed by atoms with Crippen LogP contribution < -0.4 is 0 Å². The van der Waals surface area contributed by atoms with Crippen LogP contribution in [0.3, 0.4) is 0 Å². The average molecular weight is 284 g/mol. The van der Waals surface area contributed by atoms with Crippen LogP contribution in [0.1, 0.15) is 24.3 Å². The molecule has 106 valence electrons. The van der Waals surface area contributed by atoms with Crippen LogP contribution in [0.4, 0.5) is 0 Å². The fourth-order valence-corrected chi connectivity index (χ4v) is 2.13. The first-order chi connectivity index (χ1) is 9.08. The van der Waals surface area contributed by atoms with Crippen LogP contribution in [-0.4, -0.2) is 30.9 Å². The molecule has 0 unspecified atom stereocenters. The quantitative estimate of drug-likeness (QED) is 0.559. The number of aliphatic carboxylic acids is 1. The molecular weight excluding hydrogens is 264 g/mol. The minimum atomic E-state index is -0.939. The number of ether oxygens (including phenoxy) is 2. The molecule has 0 saturated carbocycles. The van der Waals surface area contributed by atoms with Crippen molar-refractivity contribution in [2.75, 3.05) is 19.8 Å². The molecule has 1 aromatic heterocycles. The van der Waals surface area contributed by atoms with Gasteiger partial charge in [-0.25, -0.2) is 4.79 Å². The van der Waals surface area contributed by atoms with Gasteiger partial charge >= 0.3 is 5.97 Å². The zero-order valence-electron chi connectivity index (χ0n) is 11.3. The van der Waals surface area contributed by atoms with Gasteiger partial charge in [0.25, 0.3) is 0 Å². The van der Waals surface area contributed by atoms with Gasteiger partial charge in [0.1, 0.15) is 0 Å². The van der Waals surface area contributed by atoms with Gasteiger partial charge in [0.2, 0.25) is 0 Å². The van der Waals surface area contributed by atoms with E-state index in [1.54, 1.807) is 17.4 Å². The van der Waals surface area contributed by atoms with Crippen LogP contribution >= 0.6 is 11.3 Å². The minimum absolute atomic E-state index is 0.538. The lowest BCUT2D eigenvalue weighted by atomic mass is 10.2. The fraction of sp³-hybridized carbons (Fsp3) is 0.500. The molecule has 0 spiro atoms. The molecule has 0 fully saturated rings. The van der Waals surface area contributed by atoms with E-state index in [9.17, 15) is 4.79 Å². The van der Waals surface area contributed by atoms with Crippen molar-refractivity contribution in [2.45, 2.75) is 20.5 Å². The van der Waals surface area contributed by atoms with Crippen LogP contribution in [0.5, 0.6) is 0 Å². The molecule has 1 aromatic rings. The van der Waals surface area contributed by atoms with Crippen LogP contribution in [-0.2, 0) is 20.9 Å². The zero-order valence-corrected chi connectivity index (χ0v) is 12.1. The average Bonchev–Trinajstić information content (AvgIpc) is 2.78. The highest BCUT2D eigenvalue weighted by Gasteiger charge is 1.99. The smallest absolute Gasteiger partial charge is 0.328 e. The number of carbonyl (C=O) groups is 1. The van der Waals surface area contributed by atoms with Crippen molar-refractivity contribution in [3.8, 4) is 0 Å². The summed E-state index contributed by atoms with van der Waals surface area (Å²) in [6, 6.07) is 1.93. The molecule has 19 heavy (non-hydrogen) atoms. The van der Waals surface area contributed by atoms with E-state index in [1.165, 1.54) is 0 Å². The molecule has 0 aliphatic heterocycles. The Morgan fingerprint density at radius 2 is 2.16 bits per heavy atom. The number of carboxylic acids is 1. The van der Waals surface area contributed by atoms with Gasteiger partial charge in [0.05, 0.1) is 19.8 Å². The van der Waals surface area contributed by atoms with Crippen molar-refractivity contribution in [1.29, 1.82) is 0 Å². The van der Waals surface area contributed by atoms with E-state index in [0.29, 0.717) is 25.7 Å². The number of carboxylic acid groups (broad SMARTS) is 1. The molecule has 4 nitrogen and oxygen atoms in total. The first-order valence-corrected chi connectivity index (χ1v) is 7.10. The first kappa shape index (κ1) is 15.9. The minimum Gasteiger partial charge on any atom is -0.478 e. The van der Waals surface area contributed by atoms with Gasteiger partial charge in [0.15, 0.2) is 0 Å². The van der Waals surface area contributed by atoms with Crippen molar-refractivity contribution in [3.05, 3.63) is 28.0 Å². The topological polar surface area (TPSA) is 55.8 Å². The van der Waals surface area contributed by atoms with Crippen LogP contribution in [0.15, 0.2) is 17.5 Å². The van der Waals surface area contributed by atoms with Gasteiger partial charge < -0.3 is 14.6 Å². The van der Waals surface area contributed by atoms with Gasteiger partial charge in [-0.15, -0.1) is 11.3 Å². The monoisotopic (exact) mass is 284 g/mol. The van der Waals surface area contributed by atoms with Gasteiger partial charge in [-0.3, -0.25) is 0 Å². The summed E-state index contributed by atoms with van der Waals surface area (Å²) in [4.78, 5) is 11.5. The molecule has 0 aromatic carbocycles. The SMILES string of the molecule is CC(C)COCCOCc1cc(/C=C/C(=O)O)cs1. The third-order valence-electron chi connectivity index (χ3n) is 2.16. The van der Waals surface area contributed by atoms with Crippen LogP contribution in [0, 0.1) is 5.92 Å². The molecule has 5 heteroatoms. The zero-order chi connectivity index (χ0) is 14.1. The van der Waals surface area contributed by atoms with Crippen molar-refractivity contribution < 1.29 is 19.4 Å². The largest absolute Gasteiger partial charge is 0.478 e. The van der Waals surface area contributed by atoms with E-state index in [2.05, 4.69) is 13.8 Å². The van der Waals surface area contributed by atoms with E-state index in [0.717, 1.165) is 23.1 Å². The lowest BCUT2D eigenvalue weighted by Gasteiger charge is -2.06. The highest BCUT2D eigenvalue weighted by molar-refractivity contribution is 7.10. The Balaban J connectivity index is 2.18. The number of thiophene rings is 1. The van der Waals surface area contributed by atoms with Crippen molar-refractivity contribution >= 4 is 23.4 Å². The van der Waals surface area contributed by atoms with Crippen LogP contribution in [0.2, 0.25) is 0 Å². The Hall–Kier alpha value is -1.17. The first-order valence-electron chi connectivity index (χ1n) is 6.22. The molecule has 0 bridgehead atoms. The van der Waals surface area contributed by atoms with Gasteiger partial charge in [-0.2, -0.15) is 0 Å². The standard InChI is InChI=1S/C14H20O4S/c1-11(2)8-17-5-6-18-9-13-7-12(10-19-13)3-4-14(15)16/h3-4,7,10-11H,5-6,8-9H2,1-2H3,(H,15,16)/b4-3+. The van der Waals surface area contributed by atoms with E-state index < -0.39 is 5.97 Å². The second kappa shape index (κ2) is 8.85. The molecule has 1 N–H and O–H groups in total. The van der Waals surface area contributed by atoms with E-state index in [1.807, 2.05) is 11.4 Å². The Morgan fingerprint density at radius 3 is 2.84 bits per heavy atom. The summed E-state index contributed by atoms with van der Waals surface area (Å²) in [5.41, 5.74) is 0.891. The number of rotatable bonds is 9. The number of hydrogen-bond donors (Lipinski definition) is 1. The summed E-state index contributed by atoms with van der Waals surface area (Å²) in [6.07, 6.45) is 2.71. The van der Waals surface area contributed by atoms with Crippen molar-refractivity contribution in [3.63, 3.8) is 0 Å². The van der Waals surface area contributed by atoms with E-state index in [4.69, 9.17) is 14.6 Å². The van der Waals surface area contributed by atoms with Crippen LogP contribution in [0.25, 0.3) is 6.08 Å². The van der Waals surface area contributed by atoms with E-state index >= 15 is 0 Å². The molecular formula is C14H20O4S. The summed E-state index contributed by atoms with van der Waals surface area (Å²) < 4.78 is 10.9. The normalized spacial score (nSPS) is 11.5. The number of hydrogen-bond acceptors (Lipinski definition) is 4.